The highest BCUT2D eigenvalue weighted by atomic mass is 32.2. The first-order valence-corrected chi connectivity index (χ1v) is 10.3. The third-order valence-corrected chi connectivity index (χ3v) is 6.49. The largest absolute Gasteiger partial charge is 0.361 e. The van der Waals surface area contributed by atoms with E-state index in [1.807, 2.05) is 0 Å². The van der Waals surface area contributed by atoms with Gasteiger partial charge in [0.1, 0.15) is 5.76 Å². The maximum atomic E-state index is 13.0. The van der Waals surface area contributed by atoms with Crippen LogP contribution in [0.1, 0.15) is 24.3 Å². The monoisotopic (exact) mass is 407 g/mol. The molecule has 0 atom stereocenters. The Balaban J connectivity index is 1.75. The summed E-state index contributed by atoms with van der Waals surface area (Å²) in [5, 5.41) is 4.39. The molecule has 2 aromatic heterocycles. The molecule has 0 spiro atoms. The van der Waals surface area contributed by atoms with Crippen molar-refractivity contribution in [1.82, 2.24) is 14.9 Å². The van der Waals surface area contributed by atoms with E-state index in [4.69, 9.17) is 4.52 Å². The van der Waals surface area contributed by atoms with Crippen LogP contribution < -0.4 is 4.72 Å². The van der Waals surface area contributed by atoms with Crippen molar-refractivity contribution in [3.05, 3.63) is 41.9 Å². The Morgan fingerprint density at radius 3 is 2.68 bits per heavy atom. The molecule has 0 aliphatic heterocycles. The molecule has 0 bridgehead atoms. The van der Waals surface area contributed by atoms with Crippen LogP contribution in [0.4, 0.5) is 8.78 Å². The van der Waals surface area contributed by atoms with Gasteiger partial charge in [-0.25, -0.2) is 21.9 Å². The van der Waals surface area contributed by atoms with Gasteiger partial charge in [-0.1, -0.05) is 5.16 Å². The minimum Gasteiger partial charge on any atom is -0.361 e. The van der Waals surface area contributed by atoms with Gasteiger partial charge in [0.15, 0.2) is 0 Å². The summed E-state index contributed by atoms with van der Waals surface area (Å²) in [7, 11) is -3.92. The van der Waals surface area contributed by atoms with Gasteiger partial charge < -0.3 is 4.52 Å². The number of benzene rings is 1. The van der Waals surface area contributed by atoms with Gasteiger partial charge in [0.05, 0.1) is 16.1 Å². The molecule has 3 aromatic rings. The molecule has 6 nitrogen and oxygen atoms in total. The van der Waals surface area contributed by atoms with E-state index in [2.05, 4.69) is 14.9 Å². The molecule has 4 rings (SSSR count). The summed E-state index contributed by atoms with van der Waals surface area (Å²) < 4.78 is 59.7. The van der Waals surface area contributed by atoms with Crippen LogP contribution in [0.15, 0.2) is 39.9 Å². The summed E-state index contributed by atoms with van der Waals surface area (Å²) in [6, 6.07) is 6.66. The van der Waals surface area contributed by atoms with Gasteiger partial charge in [0, 0.05) is 36.5 Å². The van der Waals surface area contributed by atoms with Crippen molar-refractivity contribution in [3.63, 3.8) is 0 Å². The van der Waals surface area contributed by atoms with E-state index in [1.54, 1.807) is 44.3 Å². The van der Waals surface area contributed by atoms with Crippen molar-refractivity contribution in [1.29, 1.82) is 0 Å². The topological polar surface area (TPSA) is 85.1 Å². The number of alkyl halides is 2. The van der Waals surface area contributed by atoms with Crippen LogP contribution in [0.5, 0.6) is 0 Å². The minimum atomic E-state index is -3.92. The zero-order valence-corrected chi connectivity index (χ0v) is 16.2. The van der Waals surface area contributed by atoms with Gasteiger partial charge in [-0.3, -0.25) is 4.98 Å². The van der Waals surface area contributed by atoms with Crippen molar-refractivity contribution in [2.45, 2.75) is 37.5 Å². The lowest BCUT2D eigenvalue weighted by Crippen LogP contribution is -2.42. The molecule has 1 aromatic carbocycles. The smallest absolute Gasteiger partial charge is 0.248 e. The molecule has 0 amide bonds. The third-order valence-electron chi connectivity index (χ3n) is 5.03. The fraction of sp³-hybridized carbons (Fsp3) is 0.368. The number of nitrogens with zero attached hydrogens (tertiary/aromatic N) is 2. The van der Waals surface area contributed by atoms with Crippen LogP contribution in [0.2, 0.25) is 0 Å². The summed E-state index contributed by atoms with van der Waals surface area (Å²) in [4.78, 5) is 4.34. The summed E-state index contributed by atoms with van der Waals surface area (Å²) in [5.74, 6) is -2.48. The van der Waals surface area contributed by atoms with E-state index in [0.29, 0.717) is 33.5 Å². The molecule has 2 heterocycles. The fourth-order valence-electron chi connectivity index (χ4n) is 3.65. The number of hydrogen-bond acceptors (Lipinski definition) is 5. The molecule has 9 heteroatoms. The number of fused-ring (bicyclic) bond motifs is 1. The first-order chi connectivity index (χ1) is 13.2. The van der Waals surface area contributed by atoms with Gasteiger partial charge in [0.25, 0.3) is 0 Å². The SMILES string of the molecule is Cc1noc(C)c1-c1cc(S(=O)(=O)NCC2CC(F)(F)C2)c2cccnc2c1. The van der Waals surface area contributed by atoms with Crippen LogP contribution >= 0.6 is 0 Å². The minimum absolute atomic E-state index is 0.0186. The highest BCUT2D eigenvalue weighted by Crippen LogP contribution is 2.42. The third kappa shape index (κ3) is 3.40. The lowest BCUT2D eigenvalue weighted by molar-refractivity contribution is -0.108. The number of pyridine rings is 1. The van der Waals surface area contributed by atoms with Crippen LogP contribution in [0.3, 0.4) is 0 Å². The molecule has 1 aliphatic carbocycles. The van der Waals surface area contributed by atoms with Gasteiger partial charge in [-0.15, -0.1) is 0 Å². The second-order valence-electron chi connectivity index (χ2n) is 7.23. The Hall–Kier alpha value is -2.39. The van der Waals surface area contributed by atoms with E-state index >= 15 is 0 Å². The average molecular weight is 407 g/mol. The summed E-state index contributed by atoms with van der Waals surface area (Å²) in [5.41, 5.74) is 2.48. The molecule has 28 heavy (non-hydrogen) atoms. The number of halogens is 2. The predicted octanol–water partition coefficient (Wildman–Crippen LogP) is 3.83. The Morgan fingerprint density at radius 2 is 2.04 bits per heavy atom. The predicted molar refractivity (Wildman–Crippen MR) is 99.6 cm³/mol. The maximum absolute atomic E-state index is 13.0. The van der Waals surface area contributed by atoms with E-state index in [-0.39, 0.29) is 30.2 Å². The quantitative estimate of drug-likeness (QED) is 0.695. The zero-order chi connectivity index (χ0) is 20.1. The van der Waals surface area contributed by atoms with Crippen LogP contribution in [-0.2, 0) is 10.0 Å². The van der Waals surface area contributed by atoms with Crippen molar-refractivity contribution in [2.75, 3.05) is 6.54 Å². The Bertz CT molecular complexity index is 1130. The molecule has 0 radical (unpaired) electrons. The Labute approximate surface area is 161 Å². The summed E-state index contributed by atoms with van der Waals surface area (Å²) in [6.45, 7) is 3.51. The number of rotatable bonds is 5. The maximum Gasteiger partial charge on any atom is 0.248 e. The lowest BCUT2D eigenvalue weighted by atomic mass is 9.82. The standard InChI is InChI=1S/C19H19F2N3O3S/c1-11-18(12(2)27-24-11)14-6-16-15(4-3-5-22-16)17(7-14)28(25,26)23-10-13-8-19(20,21)9-13/h3-7,13,23H,8-10H2,1-2H3. The van der Waals surface area contributed by atoms with Crippen molar-refractivity contribution in [2.24, 2.45) is 5.92 Å². The molecule has 1 fully saturated rings. The number of hydrogen-bond donors (Lipinski definition) is 1. The van der Waals surface area contributed by atoms with E-state index in [0.717, 1.165) is 0 Å². The normalized spacial score (nSPS) is 17.0. The van der Waals surface area contributed by atoms with Gasteiger partial charge in [0.2, 0.25) is 15.9 Å². The first-order valence-electron chi connectivity index (χ1n) is 8.86. The Kier molecular flexibility index (Phi) is 4.46. The first kappa shape index (κ1) is 18.9. The molecule has 0 saturated heterocycles. The lowest BCUT2D eigenvalue weighted by Gasteiger charge is -2.34. The second kappa shape index (κ2) is 6.59. The molecule has 148 valence electrons. The fourth-order valence-corrected chi connectivity index (χ4v) is 5.00. The highest BCUT2D eigenvalue weighted by molar-refractivity contribution is 7.89. The number of aromatic nitrogens is 2. The van der Waals surface area contributed by atoms with Gasteiger partial charge >= 0.3 is 0 Å². The zero-order valence-electron chi connectivity index (χ0n) is 15.4. The molecular formula is C19H19F2N3O3S. The van der Waals surface area contributed by atoms with Crippen LogP contribution in [0.25, 0.3) is 22.0 Å². The average Bonchev–Trinajstić information content (AvgIpc) is 2.95. The summed E-state index contributed by atoms with van der Waals surface area (Å²) >= 11 is 0. The van der Waals surface area contributed by atoms with E-state index in [9.17, 15) is 17.2 Å². The summed E-state index contributed by atoms with van der Waals surface area (Å²) in [6.07, 6.45) is 0.994. The highest BCUT2D eigenvalue weighted by Gasteiger charge is 2.45. The van der Waals surface area contributed by atoms with Crippen LogP contribution in [-0.4, -0.2) is 31.0 Å². The second-order valence-corrected chi connectivity index (χ2v) is 8.96. The van der Waals surface area contributed by atoms with E-state index < -0.39 is 15.9 Å². The number of aryl methyl sites for hydroxylation is 2. The number of sulfonamides is 1. The molecule has 1 N–H and O–H groups in total. The molecule has 1 aliphatic rings. The molecule has 0 unspecified atom stereocenters. The van der Waals surface area contributed by atoms with Crippen LogP contribution in [0, 0.1) is 19.8 Å². The van der Waals surface area contributed by atoms with Crippen molar-refractivity contribution in [3.8, 4) is 11.1 Å². The molecule has 1 saturated carbocycles. The molecular weight excluding hydrogens is 388 g/mol. The Morgan fingerprint density at radius 1 is 1.29 bits per heavy atom. The van der Waals surface area contributed by atoms with E-state index in [1.165, 1.54) is 0 Å². The number of nitrogens with one attached hydrogen (secondary N) is 1. The van der Waals surface area contributed by atoms with Crippen molar-refractivity contribution < 1.29 is 21.7 Å². The van der Waals surface area contributed by atoms with Gasteiger partial charge in [-0.05, 0) is 49.6 Å². The van der Waals surface area contributed by atoms with Crippen molar-refractivity contribution >= 4 is 20.9 Å². The van der Waals surface area contributed by atoms with Gasteiger partial charge in [-0.2, -0.15) is 0 Å².